The fourth-order valence-corrected chi connectivity index (χ4v) is 1.39. The standard InChI is InChI=1S/C9H22N2O/c1-5-7-8(11-10)9(3,6-2)12-4/h8,11H,5-7,10H2,1-4H3. The fraction of sp³-hybridized carbons (Fsp3) is 1.00. The first-order chi connectivity index (χ1) is 5.64. The lowest BCUT2D eigenvalue weighted by Gasteiger charge is -2.35. The molecule has 0 aromatic carbocycles. The first kappa shape index (κ1) is 11.9. The maximum absolute atomic E-state index is 5.47. The van der Waals surface area contributed by atoms with Crippen LogP contribution in [0.4, 0.5) is 0 Å². The molecule has 0 radical (unpaired) electrons. The lowest BCUT2D eigenvalue weighted by molar-refractivity contribution is -0.0312. The molecule has 0 aromatic heterocycles. The molecule has 0 bridgehead atoms. The van der Waals surface area contributed by atoms with Crippen molar-refractivity contribution in [3.63, 3.8) is 0 Å². The van der Waals surface area contributed by atoms with Crippen LogP contribution in [0.15, 0.2) is 0 Å². The van der Waals surface area contributed by atoms with Gasteiger partial charge in [0, 0.05) is 13.2 Å². The second-order valence-electron chi connectivity index (χ2n) is 3.38. The molecule has 0 amide bonds. The molecule has 0 heterocycles. The molecule has 74 valence electrons. The molecule has 0 rings (SSSR count). The van der Waals surface area contributed by atoms with Crippen molar-refractivity contribution in [2.75, 3.05) is 7.11 Å². The Bertz CT molecular complexity index is 113. The van der Waals surface area contributed by atoms with Crippen molar-refractivity contribution in [2.24, 2.45) is 5.84 Å². The Morgan fingerprint density at radius 2 is 2.08 bits per heavy atom. The van der Waals surface area contributed by atoms with Gasteiger partial charge in [-0.05, 0) is 19.8 Å². The minimum absolute atomic E-state index is 0.134. The number of nitrogens with two attached hydrogens (primary N) is 1. The van der Waals surface area contributed by atoms with Gasteiger partial charge in [0.25, 0.3) is 0 Å². The van der Waals surface area contributed by atoms with Gasteiger partial charge < -0.3 is 4.74 Å². The van der Waals surface area contributed by atoms with Crippen LogP contribution in [0.5, 0.6) is 0 Å². The minimum Gasteiger partial charge on any atom is -0.377 e. The number of ether oxygens (including phenoxy) is 1. The van der Waals surface area contributed by atoms with Crippen molar-refractivity contribution in [3.8, 4) is 0 Å². The van der Waals surface area contributed by atoms with Gasteiger partial charge in [-0.15, -0.1) is 0 Å². The molecule has 2 atom stereocenters. The third-order valence-corrected chi connectivity index (χ3v) is 2.68. The quantitative estimate of drug-likeness (QED) is 0.473. The van der Waals surface area contributed by atoms with E-state index in [-0.39, 0.29) is 11.6 Å². The average Bonchev–Trinajstić information content (AvgIpc) is 2.13. The summed E-state index contributed by atoms with van der Waals surface area (Å²) in [5, 5.41) is 0. The summed E-state index contributed by atoms with van der Waals surface area (Å²) in [5.74, 6) is 5.47. The number of hydrogen-bond acceptors (Lipinski definition) is 3. The number of hydrazine groups is 1. The van der Waals surface area contributed by atoms with Crippen LogP contribution in [0, 0.1) is 0 Å². The maximum atomic E-state index is 5.47. The first-order valence-corrected chi connectivity index (χ1v) is 4.65. The van der Waals surface area contributed by atoms with Crippen molar-refractivity contribution in [2.45, 2.75) is 51.7 Å². The lowest BCUT2D eigenvalue weighted by Crippen LogP contribution is -2.52. The van der Waals surface area contributed by atoms with Gasteiger partial charge in [-0.2, -0.15) is 0 Å². The van der Waals surface area contributed by atoms with Crippen LogP contribution in [0.2, 0.25) is 0 Å². The second-order valence-corrected chi connectivity index (χ2v) is 3.38. The fourth-order valence-electron chi connectivity index (χ4n) is 1.39. The van der Waals surface area contributed by atoms with Crippen molar-refractivity contribution >= 4 is 0 Å². The van der Waals surface area contributed by atoms with E-state index in [0.717, 1.165) is 19.3 Å². The van der Waals surface area contributed by atoms with Crippen molar-refractivity contribution in [1.82, 2.24) is 5.43 Å². The second kappa shape index (κ2) is 5.51. The molecule has 3 nitrogen and oxygen atoms in total. The molecule has 0 aromatic rings. The summed E-state index contributed by atoms with van der Waals surface area (Å²) in [4.78, 5) is 0. The monoisotopic (exact) mass is 174 g/mol. The third-order valence-electron chi connectivity index (χ3n) is 2.68. The molecule has 2 unspecified atom stereocenters. The minimum atomic E-state index is -0.134. The van der Waals surface area contributed by atoms with Gasteiger partial charge in [0.15, 0.2) is 0 Å². The van der Waals surface area contributed by atoms with Crippen molar-refractivity contribution in [3.05, 3.63) is 0 Å². The predicted octanol–water partition coefficient (Wildman–Crippen LogP) is 1.43. The van der Waals surface area contributed by atoms with E-state index in [1.807, 2.05) is 0 Å². The average molecular weight is 174 g/mol. The topological polar surface area (TPSA) is 47.3 Å². The Morgan fingerprint density at radius 3 is 2.33 bits per heavy atom. The first-order valence-electron chi connectivity index (χ1n) is 4.65. The number of hydrogen-bond donors (Lipinski definition) is 2. The van der Waals surface area contributed by atoms with Crippen LogP contribution >= 0.6 is 0 Å². The largest absolute Gasteiger partial charge is 0.377 e. The zero-order valence-corrected chi connectivity index (χ0v) is 8.68. The Morgan fingerprint density at radius 1 is 1.50 bits per heavy atom. The van der Waals surface area contributed by atoms with Crippen LogP contribution in [-0.2, 0) is 4.74 Å². The molecule has 0 aliphatic heterocycles. The van der Waals surface area contributed by atoms with Crippen LogP contribution < -0.4 is 11.3 Å². The highest BCUT2D eigenvalue weighted by atomic mass is 16.5. The molecule has 0 spiro atoms. The summed E-state index contributed by atoms with van der Waals surface area (Å²) in [6.45, 7) is 6.35. The van der Waals surface area contributed by atoms with Crippen LogP contribution in [0.1, 0.15) is 40.0 Å². The molecule has 0 aliphatic carbocycles. The van der Waals surface area contributed by atoms with E-state index in [0.29, 0.717) is 0 Å². The SMILES string of the molecule is CCCC(NN)C(C)(CC)OC. The molecule has 0 saturated heterocycles. The highest BCUT2D eigenvalue weighted by molar-refractivity contribution is 4.86. The maximum Gasteiger partial charge on any atom is 0.0813 e. The Hall–Kier alpha value is -0.120. The Labute approximate surface area is 75.6 Å². The number of methoxy groups -OCH3 is 1. The zero-order valence-electron chi connectivity index (χ0n) is 8.68. The van der Waals surface area contributed by atoms with Crippen molar-refractivity contribution in [1.29, 1.82) is 0 Å². The van der Waals surface area contributed by atoms with Crippen molar-refractivity contribution < 1.29 is 4.74 Å². The van der Waals surface area contributed by atoms with Crippen LogP contribution in [0.3, 0.4) is 0 Å². The molecule has 12 heavy (non-hydrogen) atoms. The van der Waals surface area contributed by atoms with Gasteiger partial charge >= 0.3 is 0 Å². The van der Waals surface area contributed by atoms with E-state index in [9.17, 15) is 0 Å². The van der Waals surface area contributed by atoms with Crippen LogP contribution in [-0.4, -0.2) is 18.8 Å². The molecular weight excluding hydrogens is 152 g/mol. The van der Waals surface area contributed by atoms with E-state index in [1.54, 1.807) is 7.11 Å². The summed E-state index contributed by atoms with van der Waals surface area (Å²) in [6.07, 6.45) is 3.14. The van der Waals surface area contributed by atoms with E-state index < -0.39 is 0 Å². The predicted molar refractivity (Wildman–Crippen MR) is 51.7 cm³/mol. The number of rotatable bonds is 6. The summed E-state index contributed by atoms with van der Waals surface area (Å²) >= 11 is 0. The van der Waals surface area contributed by atoms with Crippen LogP contribution in [0.25, 0.3) is 0 Å². The third kappa shape index (κ3) is 2.73. The zero-order chi connectivity index (χ0) is 9.61. The van der Waals surface area contributed by atoms with E-state index in [2.05, 4.69) is 26.2 Å². The molecular formula is C9H22N2O. The Balaban J connectivity index is 4.21. The van der Waals surface area contributed by atoms with Gasteiger partial charge in [0.2, 0.25) is 0 Å². The molecule has 3 heteroatoms. The summed E-state index contributed by atoms with van der Waals surface area (Å²) in [6, 6.07) is 0.248. The summed E-state index contributed by atoms with van der Waals surface area (Å²) < 4.78 is 5.45. The summed E-state index contributed by atoms with van der Waals surface area (Å²) in [7, 11) is 1.74. The van der Waals surface area contributed by atoms with E-state index in [4.69, 9.17) is 10.6 Å². The summed E-state index contributed by atoms with van der Waals surface area (Å²) in [5.41, 5.74) is 2.69. The smallest absolute Gasteiger partial charge is 0.0813 e. The van der Waals surface area contributed by atoms with Gasteiger partial charge in [0.05, 0.1) is 5.60 Å². The highest BCUT2D eigenvalue weighted by Gasteiger charge is 2.30. The van der Waals surface area contributed by atoms with Gasteiger partial charge in [-0.1, -0.05) is 20.3 Å². The van der Waals surface area contributed by atoms with E-state index >= 15 is 0 Å². The highest BCUT2D eigenvalue weighted by Crippen LogP contribution is 2.21. The van der Waals surface area contributed by atoms with E-state index in [1.165, 1.54) is 0 Å². The molecule has 3 N–H and O–H groups in total. The van der Waals surface area contributed by atoms with Gasteiger partial charge in [-0.3, -0.25) is 11.3 Å². The molecule has 0 saturated carbocycles. The normalized spacial score (nSPS) is 18.8. The molecule has 0 aliphatic rings. The lowest BCUT2D eigenvalue weighted by atomic mass is 9.90. The molecule has 0 fully saturated rings. The van der Waals surface area contributed by atoms with Gasteiger partial charge in [-0.25, -0.2) is 0 Å². The Kier molecular flexibility index (Phi) is 5.46. The number of nitrogens with one attached hydrogen (secondary N) is 1. The van der Waals surface area contributed by atoms with Gasteiger partial charge in [0.1, 0.15) is 0 Å².